The van der Waals surface area contributed by atoms with Crippen molar-refractivity contribution in [2.24, 2.45) is 11.7 Å². The Morgan fingerprint density at radius 3 is 2.67 bits per heavy atom. The van der Waals surface area contributed by atoms with E-state index in [1.165, 1.54) is 12.8 Å². The lowest BCUT2D eigenvalue weighted by Gasteiger charge is -2.28. The van der Waals surface area contributed by atoms with Gasteiger partial charge in [0.25, 0.3) is 0 Å². The summed E-state index contributed by atoms with van der Waals surface area (Å²) in [5.74, 6) is 0.425. The molecule has 2 atom stereocenters. The SMILES string of the molecule is CNC(C)(CC(C)OCC1CC1)C(N)=O. The van der Waals surface area contributed by atoms with Gasteiger partial charge in [0.2, 0.25) is 5.91 Å². The first-order valence-electron chi connectivity index (χ1n) is 5.58. The van der Waals surface area contributed by atoms with Gasteiger partial charge in [-0.15, -0.1) is 0 Å². The number of carbonyl (C=O) groups is 1. The minimum atomic E-state index is -0.664. The zero-order valence-electron chi connectivity index (χ0n) is 9.88. The third-order valence-corrected chi connectivity index (χ3v) is 3.10. The molecule has 0 bridgehead atoms. The molecule has 0 aromatic heterocycles. The fourth-order valence-corrected chi connectivity index (χ4v) is 1.54. The van der Waals surface area contributed by atoms with Crippen molar-refractivity contribution < 1.29 is 9.53 Å². The predicted molar refractivity (Wildman–Crippen MR) is 59.4 cm³/mol. The zero-order valence-corrected chi connectivity index (χ0v) is 9.88. The molecule has 1 saturated carbocycles. The van der Waals surface area contributed by atoms with Crippen LogP contribution in [0.4, 0.5) is 0 Å². The molecule has 15 heavy (non-hydrogen) atoms. The van der Waals surface area contributed by atoms with E-state index in [1.54, 1.807) is 7.05 Å². The molecule has 2 unspecified atom stereocenters. The summed E-state index contributed by atoms with van der Waals surface area (Å²) in [6.45, 7) is 4.62. The van der Waals surface area contributed by atoms with E-state index in [2.05, 4.69) is 5.32 Å². The van der Waals surface area contributed by atoms with E-state index < -0.39 is 5.54 Å². The van der Waals surface area contributed by atoms with Crippen LogP contribution in [0.15, 0.2) is 0 Å². The number of likely N-dealkylation sites (N-methyl/N-ethyl adjacent to an activating group) is 1. The molecule has 0 radical (unpaired) electrons. The van der Waals surface area contributed by atoms with Crippen LogP contribution in [0.1, 0.15) is 33.1 Å². The fraction of sp³-hybridized carbons (Fsp3) is 0.909. The number of rotatable bonds is 7. The standard InChI is InChI=1S/C11H22N2O2/c1-8(15-7-9-4-5-9)6-11(2,13-3)10(12)14/h8-9,13H,4-7H2,1-3H3,(H2,12,14). The van der Waals surface area contributed by atoms with Crippen molar-refractivity contribution in [3.63, 3.8) is 0 Å². The van der Waals surface area contributed by atoms with Crippen LogP contribution in [-0.4, -0.2) is 31.2 Å². The van der Waals surface area contributed by atoms with Gasteiger partial charge in [0, 0.05) is 13.0 Å². The van der Waals surface area contributed by atoms with E-state index in [-0.39, 0.29) is 12.0 Å². The van der Waals surface area contributed by atoms with Crippen molar-refractivity contribution in [2.45, 2.75) is 44.8 Å². The Labute approximate surface area is 91.5 Å². The van der Waals surface area contributed by atoms with E-state index in [0.717, 1.165) is 12.5 Å². The molecule has 0 saturated heterocycles. The Morgan fingerprint density at radius 1 is 1.67 bits per heavy atom. The molecule has 1 rings (SSSR count). The van der Waals surface area contributed by atoms with Crippen molar-refractivity contribution >= 4 is 5.91 Å². The molecule has 0 spiro atoms. The first kappa shape index (κ1) is 12.5. The smallest absolute Gasteiger partial charge is 0.237 e. The van der Waals surface area contributed by atoms with Crippen LogP contribution in [0.3, 0.4) is 0 Å². The molecule has 0 heterocycles. The van der Waals surface area contributed by atoms with Gasteiger partial charge in [-0.2, -0.15) is 0 Å². The van der Waals surface area contributed by atoms with Crippen molar-refractivity contribution in [1.29, 1.82) is 0 Å². The summed E-state index contributed by atoms with van der Waals surface area (Å²) in [5, 5.41) is 2.96. The van der Waals surface area contributed by atoms with Gasteiger partial charge in [0.1, 0.15) is 0 Å². The van der Waals surface area contributed by atoms with E-state index in [1.807, 2.05) is 13.8 Å². The second kappa shape index (κ2) is 4.94. The maximum absolute atomic E-state index is 11.2. The third-order valence-electron chi connectivity index (χ3n) is 3.10. The highest BCUT2D eigenvalue weighted by Gasteiger charge is 2.32. The van der Waals surface area contributed by atoms with E-state index >= 15 is 0 Å². The Morgan fingerprint density at radius 2 is 2.27 bits per heavy atom. The number of primary amides is 1. The van der Waals surface area contributed by atoms with Gasteiger partial charge in [0.05, 0.1) is 11.6 Å². The molecule has 0 aliphatic heterocycles. The van der Waals surface area contributed by atoms with Gasteiger partial charge >= 0.3 is 0 Å². The highest BCUT2D eigenvalue weighted by molar-refractivity contribution is 5.84. The predicted octanol–water partition coefficient (Wildman–Crippen LogP) is 0.655. The summed E-state index contributed by atoms with van der Waals surface area (Å²) in [7, 11) is 1.75. The molecule has 1 fully saturated rings. The average molecular weight is 214 g/mol. The van der Waals surface area contributed by atoms with E-state index in [9.17, 15) is 4.79 Å². The number of hydrogen-bond donors (Lipinski definition) is 2. The van der Waals surface area contributed by atoms with Crippen molar-refractivity contribution in [3.05, 3.63) is 0 Å². The summed E-state index contributed by atoms with van der Waals surface area (Å²) in [6.07, 6.45) is 3.25. The van der Waals surface area contributed by atoms with Gasteiger partial charge in [-0.25, -0.2) is 0 Å². The van der Waals surface area contributed by atoms with Gasteiger partial charge in [-0.1, -0.05) is 0 Å². The number of amides is 1. The molecule has 1 aliphatic carbocycles. The van der Waals surface area contributed by atoms with Crippen molar-refractivity contribution in [1.82, 2.24) is 5.32 Å². The largest absolute Gasteiger partial charge is 0.378 e. The molecule has 1 aliphatic rings. The second-order valence-corrected chi connectivity index (χ2v) is 4.74. The molecule has 1 amide bonds. The highest BCUT2D eigenvalue weighted by atomic mass is 16.5. The minimum Gasteiger partial charge on any atom is -0.378 e. The Hall–Kier alpha value is -0.610. The van der Waals surface area contributed by atoms with Crippen molar-refractivity contribution in [2.75, 3.05) is 13.7 Å². The maximum Gasteiger partial charge on any atom is 0.237 e. The summed E-state index contributed by atoms with van der Waals surface area (Å²) < 4.78 is 5.67. The number of nitrogens with two attached hydrogens (primary N) is 1. The molecule has 0 aromatic rings. The maximum atomic E-state index is 11.2. The van der Waals surface area contributed by atoms with Crippen LogP contribution in [0.25, 0.3) is 0 Å². The monoisotopic (exact) mass is 214 g/mol. The molecular weight excluding hydrogens is 192 g/mol. The quantitative estimate of drug-likeness (QED) is 0.654. The summed E-state index contributed by atoms with van der Waals surface area (Å²) in [5.41, 5.74) is 4.68. The minimum absolute atomic E-state index is 0.0653. The Bertz CT molecular complexity index is 229. The van der Waals surface area contributed by atoms with Crippen LogP contribution in [0.5, 0.6) is 0 Å². The topological polar surface area (TPSA) is 64.3 Å². The lowest BCUT2D eigenvalue weighted by atomic mass is 9.94. The lowest BCUT2D eigenvalue weighted by Crippen LogP contribution is -2.53. The number of hydrogen-bond acceptors (Lipinski definition) is 3. The van der Waals surface area contributed by atoms with Crippen LogP contribution in [0, 0.1) is 5.92 Å². The molecular formula is C11H22N2O2. The molecule has 4 heteroatoms. The molecule has 3 N–H and O–H groups in total. The lowest BCUT2D eigenvalue weighted by molar-refractivity contribution is -0.125. The molecule has 4 nitrogen and oxygen atoms in total. The normalized spacial score (nSPS) is 22.1. The van der Waals surface area contributed by atoms with Gasteiger partial charge in [-0.05, 0) is 39.7 Å². The van der Waals surface area contributed by atoms with Gasteiger partial charge in [-0.3, -0.25) is 4.79 Å². The van der Waals surface area contributed by atoms with Crippen LogP contribution in [-0.2, 0) is 9.53 Å². The average Bonchev–Trinajstić information content (AvgIpc) is 2.97. The number of ether oxygens (including phenoxy) is 1. The Kier molecular flexibility index (Phi) is 4.11. The van der Waals surface area contributed by atoms with E-state index in [0.29, 0.717) is 6.42 Å². The number of nitrogens with one attached hydrogen (secondary N) is 1. The third kappa shape index (κ3) is 3.80. The summed E-state index contributed by atoms with van der Waals surface area (Å²) >= 11 is 0. The van der Waals surface area contributed by atoms with Crippen LogP contribution >= 0.6 is 0 Å². The second-order valence-electron chi connectivity index (χ2n) is 4.74. The van der Waals surface area contributed by atoms with E-state index in [4.69, 9.17) is 10.5 Å². The first-order valence-corrected chi connectivity index (χ1v) is 5.58. The highest BCUT2D eigenvalue weighted by Crippen LogP contribution is 2.29. The summed E-state index contributed by atoms with van der Waals surface area (Å²) in [6, 6.07) is 0. The molecule has 0 aromatic carbocycles. The first-order chi connectivity index (χ1) is 6.98. The Balaban J connectivity index is 2.32. The molecule has 88 valence electrons. The van der Waals surface area contributed by atoms with Crippen molar-refractivity contribution in [3.8, 4) is 0 Å². The zero-order chi connectivity index (χ0) is 11.5. The number of carbonyl (C=O) groups excluding carboxylic acids is 1. The van der Waals surface area contributed by atoms with Gasteiger partial charge in [0.15, 0.2) is 0 Å². The summed E-state index contributed by atoms with van der Waals surface area (Å²) in [4.78, 5) is 11.2. The van der Waals surface area contributed by atoms with Crippen LogP contribution in [0.2, 0.25) is 0 Å². The van der Waals surface area contributed by atoms with Gasteiger partial charge < -0.3 is 15.8 Å². The fourth-order valence-electron chi connectivity index (χ4n) is 1.54. The van der Waals surface area contributed by atoms with Crippen LogP contribution < -0.4 is 11.1 Å².